The van der Waals surface area contributed by atoms with Crippen LogP contribution in [0.2, 0.25) is 5.02 Å². The van der Waals surface area contributed by atoms with Gasteiger partial charge in [-0.05, 0) is 35.4 Å². The van der Waals surface area contributed by atoms with Gasteiger partial charge < -0.3 is 10.1 Å². The molecule has 1 aliphatic rings. The first-order valence-corrected chi connectivity index (χ1v) is 8.21. The highest BCUT2D eigenvalue weighted by Crippen LogP contribution is 2.26. The van der Waals surface area contributed by atoms with Gasteiger partial charge in [-0.1, -0.05) is 35.9 Å². The molecule has 2 aromatic rings. The molecular formula is C18H22ClN3O. The zero-order valence-electron chi connectivity index (χ0n) is 13.2. The van der Waals surface area contributed by atoms with Crippen LogP contribution in [0.3, 0.4) is 0 Å². The van der Waals surface area contributed by atoms with Crippen LogP contribution in [0.1, 0.15) is 17.2 Å². The Hall–Kier alpha value is -1.59. The number of hydrogen-bond acceptors (Lipinski definition) is 4. The fourth-order valence-corrected chi connectivity index (χ4v) is 3.15. The fourth-order valence-electron chi connectivity index (χ4n) is 2.94. The Morgan fingerprint density at radius 2 is 2.04 bits per heavy atom. The molecule has 2 unspecified atom stereocenters. The van der Waals surface area contributed by atoms with Crippen molar-refractivity contribution < 1.29 is 4.74 Å². The SMILES string of the molecule is COc1ccc(C2NNCC2CNCc2cccc(Cl)c2)cc1. The van der Waals surface area contributed by atoms with Gasteiger partial charge in [0.25, 0.3) is 0 Å². The smallest absolute Gasteiger partial charge is 0.118 e. The van der Waals surface area contributed by atoms with E-state index < -0.39 is 0 Å². The second-order valence-electron chi connectivity index (χ2n) is 5.80. The molecule has 0 aliphatic carbocycles. The lowest BCUT2D eigenvalue weighted by Crippen LogP contribution is -2.28. The van der Waals surface area contributed by atoms with Gasteiger partial charge in [0.05, 0.1) is 13.2 Å². The second kappa shape index (κ2) is 7.79. The van der Waals surface area contributed by atoms with Gasteiger partial charge in [0.2, 0.25) is 0 Å². The van der Waals surface area contributed by atoms with Crippen LogP contribution in [0.25, 0.3) is 0 Å². The Morgan fingerprint density at radius 1 is 1.22 bits per heavy atom. The first-order valence-electron chi connectivity index (χ1n) is 7.84. The second-order valence-corrected chi connectivity index (χ2v) is 6.23. The van der Waals surface area contributed by atoms with Crippen molar-refractivity contribution in [2.75, 3.05) is 20.2 Å². The van der Waals surface area contributed by atoms with Crippen LogP contribution >= 0.6 is 11.6 Å². The van der Waals surface area contributed by atoms with Gasteiger partial charge in [-0.2, -0.15) is 0 Å². The normalized spacial score (nSPS) is 20.6. The minimum atomic E-state index is 0.299. The molecule has 1 aliphatic heterocycles. The Kier molecular flexibility index (Phi) is 5.51. The maximum Gasteiger partial charge on any atom is 0.118 e. The molecule has 0 spiro atoms. The van der Waals surface area contributed by atoms with E-state index in [1.54, 1.807) is 7.11 Å². The molecule has 2 atom stereocenters. The Morgan fingerprint density at radius 3 is 2.78 bits per heavy atom. The van der Waals surface area contributed by atoms with Crippen LogP contribution < -0.4 is 20.9 Å². The molecule has 0 aromatic heterocycles. The monoisotopic (exact) mass is 331 g/mol. The third-order valence-corrected chi connectivity index (χ3v) is 4.43. The predicted molar refractivity (Wildman–Crippen MR) is 93.5 cm³/mol. The zero-order chi connectivity index (χ0) is 16.1. The molecule has 1 saturated heterocycles. The maximum atomic E-state index is 6.02. The lowest BCUT2D eigenvalue weighted by molar-refractivity contribution is 0.413. The first-order chi connectivity index (χ1) is 11.3. The van der Waals surface area contributed by atoms with E-state index in [0.717, 1.165) is 30.4 Å². The summed E-state index contributed by atoms with van der Waals surface area (Å²) in [5, 5.41) is 4.31. The molecule has 0 saturated carbocycles. The number of rotatable bonds is 6. The van der Waals surface area contributed by atoms with Gasteiger partial charge in [-0.15, -0.1) is 0 Å². The predicted octanol–water partition coefficient (Wildman–Crippen LogP) is 2.90. The largest absolute Gasteiger partial charge is 0.497 e. The van der Waals surface area contributed by atoms with Crippen molar-refractivity contribution in [2.45, 2.75) is 12.6 Å². The van der Waals surface area contributed by atoms with Crippen LogP contribution in [-0.4, -0.2) is 20.2 Å². The fraction of sp³-hybridized carbons (Fsp3) is 0.333. The third-order valence-electron chi connectivity index (χ3n) is 4.19. The highest BCUT2D eigenvalue weighted by molar-refractivity contribution is 6.30. The lowest BCUT2D eigenvalue weighted by Gasteiger charge is -2.19. The van der Waals surface area contributed by atoms with Crippen LogP contribution in [0.4, 0.5) is 0 Å². The van der Waals surface area contributed by atoms with Crippen LogP contribution in [0, 0.1) is 5.92 Å². The summed E-state index contributed by atoms with van der Waals surface area (Å²) in [4.78, 5) is 0. The highest BCUT2D eigenvalue weighted by atomic mass is 35.5. The van der Waals surface area contributed by atoms with E-state index in [-0.39, 0.29) is 0 Å². The van der Waals surface area contributed by atoms with E-state index in [2.05, 4.69) is 34.4 Å². The molecule has 1 fully saturated rings. The summed E-state index contributed by atoms with van der Waals surface area (Å²) in [5.74, 6) is 1.37. The number of nitrogens with one attached hydrogen (secondary N) is 3. The molecule has 2 aromatic carbocycles. The molecule has 122 valence electrons. The number of hydrogen-bond donors (Lipinski definition) is 3. The zero-order valence-corrected chi connectivity index (χ0v) is 13.9. The summed E-state index contributed by atoms with van der Waals surface area (Å²) < 4.78 is 5.22. The van der Waals surface area contributed by atoms with E-state index in [1.165, 1.54) is 11.1 Å². The number of benzene rings is 2. The molecule has 5 heteroatoms. The third kappa shape index (κ3) is 4.24. The van der Waals surface area contributed by atoms with Gasteiger partial charge >= 0.3 is 0 Å². The van der Waals surface area contributed by atoms with E-state index in [1.807, 2.05) is 30.3 Å². The standard InChI is InChI=1S/C18H22ClN3O/c1-23-17-7-5-14(6-8-17)18-15(12-21-22-18)11-20-10-13-3-2-4-16(19)9-13/h2-9,15,18,20-22H,10-12H2,1H3. The summed E-state index contributed by atoms with van der Waals surface area (Å²) in [7, 11) is 1.69. The van der Waals surface area contributed by atoms with Gasteiger partial charge in [-0.3, -0.25) is 5.43 Å². The average molecular weight is 332 g/mol. The highest BCUT2D eigenvalue weighted by Gasteiger charge is 2.27. The summed E-state index contributed by atoms with van der Waals surface area (Å²) in [6, 6.07) is 16.5. The van der Waals surface area contributed by atoms with E-state index in [0.29, 0.717) is 12.0 Å². The van der Waals surface area contributed by atoms with Gasteiger partial charge in [0.1, 0.15) is 5.75 Å². The van der Waals surface area contributed by atoms with E-state index >= 15 is 0 Å². The number of hydrazine groups is 1. The molecule has 23 heavy (non-hydrogen) atoms. The summed E-state index contributed by atoms with van der Waals surface area (Å²) in [6.07, 6.45) is 0. The van der Waals surface area contributed by atoms with Crippen molar-refractivity contribution in [3.63, 3.8) is 0 Å². The summed E-state index contributed by atoms with van der Waals surface area (Å²) in [6.45, 7) is 2.70. The molecule has 4 nitrogen and oxygen atoms in total. The Balaban J connectivity index is 1.56. The van der Waals surface area contributed by atoms with Crippen LogP contribution in [0.15, 0.2) is 48.5 Å². The van der Waals surface area contributed by atoms with E-state index in [9.17, 15) is 0 Å². The van der Waals surface area contributed by atoms with Crippen molar-refractivity contribution in [3.05, 3.63) is 64.7 Å². The molecule has 3 N–H and O–H groups in total. The molecule has 0 amide bonds. The molecule has 0 bridgehead atoms. The molecule has 1 heterocycles. The Labute approximate surface area is 142 Å². The Bertz CT molecular complexity index is 632. The van der Waals surface area contributed by atoms with Gasteiger partial charge in [-0.25, -0.2) is 5.43 Å². The molecule has 3 rings (SSSR count). The molecule has 0 radical (unpaired) electrons. The van der Waals surface area contributed by atoms with Crippen LogP contribution in [0.5, 0.6) is 5.75 Å². The van der Waals surface area contributed by atoms with Gasteiger partial charge in [0, 0.05) is 30.6 Å². The van der Waals surface area contributed by atoms with Gasteiger partial charge in [0.15, 0.2) is 0 Å². The number of ether oxygens (including phenoxy) is 1. The topological polar surface area (TPSA) is 45.3 Å². The number of methoxy groups -OCH3 is 1. The minimum absolute atomic E-state index is 0.299. The summed E-state index contributed by atoms with van der Waals surface area (Å²) in [5.41, 5.74) is 9.11. The van der Waals surface area contributed by atoms with E-state index in [4.69, 9.17) is 16.3 Å². The maximum absolute atomic E-state index is 6.02. The quantitative estimate of drug-likeness (QED) is 0.761. The van der Waals surface area contributed by atoms with Crippen molar-refractivity contribution in [3.8, 4) is 5.75 Å². The average Bonchev–Trinajstić information content (AvgIpc) is 3.03. The molecular weight excluding hydrogens is 310 g/mol. The van der Waals surface area contributed by atoms with Crippen molar-refractivity contribution in [1.82, 2.24) is 16.2 Å². The lowest BCUT2D eigenvalue weighted by atomic mass is 9.95. The van der Waals surface area contributed by atoms with Crippen molar-refractivity contribution >= 4 is 11.6 Å². The first kappa shape index (κ1) is 16.3. The van der Waals surface area contributed by atoms with Crippen LogP contribution in [-0.2, 0) is 6.54 Å². The van der Waals surface area contributed by atoms with Crippen molar-refractivity contribution in [1.29, 1.82) is 0 Å². The van der Waals surface area contributed by atoms with Crippen molar-refractivity contribution in [2.24, 2.45) is 5.92 Å². The number of halogens is 1. The minimum Gasteiger partial charge on any atom is -0.497 e. The summed E-state index contributed by atoms with van der Waals surface area (Å²) >= 11 is 6.02.